The van der Waals surface area contributed by atoms with E-state index in [4.69, 9.17) is 28.2 Å². The molecule has 164 valence electrons. The van der Waals surface area contributed by atoms with Crippen LogP contribution in [0, 0.1) is 0 Å². The molecule has 0 saturated heterocycles. The number of amides is 1. The van der Waals surface area contributed by atoms with Crippen molar-refractivity contribution in [2.75, 3.05) is 5.32 Å². The fourth-order valence-corrected chi connectivity index (χ4v) is 5.72. The van der Waals surface area contributed by atoms with Crippen LogP contribution in [0.4, 0.5) is 5.69 Å². The van der Waals surface area contributed by atoms with E-state index in [0.717, 1.165) is 20.3 Å². The molecule has 0 aliphatic carbocycles. The van der Waals surface area contributed by atoms with E-state index in [-0.39, 0.29) is 11.3 Å². The molecule has 3 nitrogen and oxygen atoms in total. The number of hydrogen-bond acceptors (Lipinski definition) is 4. The lowest BCUT2D eigenvalue weighted by atomic mass is 9.87. The van der Waals surface area contributed by atoms with E-state index in [2.05, 4.69) is 50.4 Å². The number of aromatic nitrogens is 1. The quantitative estimate of drug-likeness (QED) is 0.279. The largest absolute Gasteiger partial charge is 0.322 e. The third kappa shape index (κ3) is 5.46. The number of benzene rings is 3. The Morgan fingerprint density at radius 1 is 1.03 bits per heavy atom. The fourth-order valence-electron chi connectivity index (χ4n) is 3.16. The molecule has 4 rings (SSSR count). The van der Waals surface area contributed by atoms with Gasteiger partial charge >= 0.3 is 0 Å². The maximum Gasteiger partial charge on any atom is 0.257 e. The minimum absolute atomic E-state index is 0.157. The Labute approximate surface area is 206 Å². The first kappa shape index (κ1) is 23.1. The summed E-state index contributed by atoms with van der Waals surface area (Å²) >= 11 is 15.4. The van der Waals surface area contributed by atoms with Crippen molar-refractivity contribution >= 4 is 68.1 Å². The van der Waals surface area contributed by atoms with Crippen LogP contribution in [0.2, 0.25) is 10.0 Å². The molecule has 0 atom stereocenters. The van der Waals surface area contributed by atoms with Gasteiger partial charge in [-0.2, -0.15) is 0 Å². The number of thioether (sulfide) groups is 1. The van der Waals surface area contributed by atoms with Crippen LogP contribution in [0.15, 0.2) is 65.0 Å². The zero-order valence-corrected chi connectivity index (χ0v) is 21.1. The van der Waals surface area contributed by atoms with Crippen molar-refractivity contribution in [2.24, 2.45) is 0 Å². The molecule has 0 unspecified atom stereocenters. The van der Waals surface area contributed by atoms with Crippen molar-refractivity contribution in [3.05, 3.63) is 87.4 Å². The standard InChI is InChI=1S/C25H22Cl2N2OS2/c1-25(2,3)16-6-4-15(5-7-16)14-31-24-29-21-11-9-18(13-22(21)32-24)28-23(30)19-10-8-17(26)12-20(19)27/h4-13H,14H2,1-3H3,(H,28,30). The molecule has 0 aliphatic heterocycles. The number of nitrogens with zero attached hydrogens (tertiary/aromatic N) is 1. The summed E-state index contributed by atoms with van der Waals surface area (Å²) in [6.07, 6.45) is 0. The predicted octanol–water partition coefficient (Wildman–Crippen LogP) is 8.45. The normalized spacial score (nSPS) is 11.7. The van der Waals surface area contributed by atoms with Gasteiger partial charge in [0.15, 0.2) is 4.34 Å². The van der Waals surface area contributed by atoms with Gasteiger partial charge in [0, 0.05) is 16.5 Å². The lowest BCUT2D eigenvalue weighted by Crippen LogP contribution is -2.12. The number of rotatable bonds is 5. The molecule has 4 aromatic rings. The number of halogens is 2. The Balaban J connectivity index is 1.44. The molecule has 1 amide bonds. The number of anilines is 1. The Kier molecular flexibility index (Phi) is 6.82. The summed E-state index contributed by atoms with van der Waals surface area (Å²) in [6.45, 7) is 6.66. The van der Waals surface area contributed by atoms with Gasteiger partial charge in [0.1, 0.15) is 0 Å². The van der Waals surface area contributed by atoms with E-state index in [1.807, 2.05) is 18.2 Å². The van der Waals surface area contributed by atoms with E-state index in [1.165, 1.54) is 11.1 Å². The van der Waals surface area contributed by atoms with Crippen LogP contribution in [0.5, 0.6) is 0 Å². The van der Waals surface area contributed by atoms with E-state index in [1.54, 1.807) is 41.3 Å². The van der Waals surface area contributed by atoms with Gasteiger partial charge in [-0.05, 0) is 52.9 Å². The number of fused-ring (bicyclic) bond motifs is 1. The third-order valence-corrected chi connectivity index (χ3v) is 7.76. The average molecular weight is 502 g/mol. The molecule has 0 fully saturated rings. The second-order valence-corrected chi connectivity index (χ2v) is 11.6. The predicted molar refractivity (Wildman–Crippen MR) is 139 cm³/mol. The van der Waals surface area contributed by atoms with Gasteiger partial charge in [0.25, 0.3) is 5.91 Å². The Bertz CT molecular complexity index is 1280. The average Bonchev–Trinajstić information content (AvgIpc) is 3.14. The highest BCUT2D eigenvalue weighted by molar-refractivity contribution is 8.00. The summed E-state index contributed by atoms with van der Waals surface area (Å²) in [6, 6.07) is 19.3. The van der Waals surface area contributed by atoms with Crippen LogP contribution in [-0.2, 0) is 11.2 Å². The SMILES string of the molecule is CC(C)(C)c1ccc(CSc2nc3ccc(NC(=O)c4ccc(Cl)cc4Cl)cc3s2)cc1. The zero-order chi connectivity index (χ0) is 22.9. The van der Waals surface area contributed by atoms with Crippen LogP contribution < -0.4 is 5.32 Å². The fraction of sp³-hybridized carbons (Fsp3) is 0.200. The van der Waals surface area contributed by atoms with Crippen molar-refractivity contribution in [2.45, 2.75) is 36.3 Å². The monoisotopic (exact) mass is 500 g/mol. The molecular weight excluding hydrogens is 479 g/mol. The summed E-state index contributed by atoms with van der Waals surface area (Å²) in [4.78, 5) is 17.3. The van der Waals surface area contributed by atoms with Crippen molar-refractivity contribution in [3.63, 3.8) is 0 Å². The summed E-state index contributed by atoms with van der Waals surface area (Å²) in [7, 11) is 0. The Hall–Kier alpha value is -2.05. The van der Waals surface area contributed by atoms with Gasteiger partial charge < -0.3 is 5.32 Å². The van der Waals surface area contributed by atoms with Gasteiger partial charge in [-0.25, -0.2) is 4.98 Å². The van der Waals surface area contributed by atoms with E-state index in [0.29, 0.717) is 21.3 Å². The molecule has 0 spiro atoms. The van der Waals surface area contributed by atoms with Crippen LogP contribution >= 0.6 is 46.3 Å². The van der Waals surface area contributed by atoms with Gasteiger partial charge in [0.05, 0.1) is 20.8 Å². The highest BCUT2D eigenvalue weighted by Gasteiger charge is 2.14. The topological polar surface area (TPSA) is 42.0 Å². The zero-order valence-electron chi connectivity index (χ0n) is 17.9. The van der Waals surface area contributed by atoms with Crippen LogP contribution in [-0.4, -0.2) is 10.9 Å². The number of nitrogens with one attached hydrogen (secondary N) is 1. The Morgan fingerprint density at radius 3 is 2.47 bits per heavy atom. The summed E-state index contributed by atoms with van der Waals surface area (Å²) < 4.78 is 2.03. The smallest absolute Gasteiger partial charge is 0.257 e. The minimum atomic E-state index is -0.274. The van der Waals surface area contributed by atoms with Crippen molar-refractivity contribution in [1.82, 2.24) is 4.98 Å². The van der Waals surface area contributed by atoms with E-state index >= 15 is 0 Å². The first-order chi connectivity index (χ1) is 15.2. The van der Waals surface area contributed by atoms with Crippen molar-refractivity contribution in [3.8, 4) is 0 Å². The van der Waals surface area contributed by atoms with E-state index in [9.17, 15) is 4.79 Å². The summed E-state index contributed by atoms with van der Waals surface area (Å²) in [5, 5.41) is 3.72. The number of thiazole rings is 1. The highest BCUT2D eigenvalue weighted by atomic mass is 35.5. The first-order valence-corrected chi connectivity index (χ1v) is 12.6. The molecule has 1 N–H and O–H groups in total. The molecule has 0 radical (unpaired) electrons. The van der Waals surface area contributed by atoms with Crippen LogP contribution in [0.1, 0.15) is 42.3 Å². The molecule has 0 bridgehead atoms. The van der Waals surface area contributed by atoms with Crippen molar-refractivity contribution in [1.29, 1.82) is 0 Å². The summed E-state index contributed by atoms with van der Waals surface area (Å²) in [5.74, 6) is 0.590. The highest BCUT2D eigenvalue weighted by Crippen LogP contribution is 2.33. The maximum atomic E-state index is 12.6. The molecule has 0 aliphatic rings. The lowest BCUT2D eigenvalue weighted by Gasteiger charge is -2.19. The number of carbonyl (C=O) groups excluding carboxylic acids is 1. The molecule has 7 heteroatoms. The molecule has 1 heterocycles. The second-order valence-electron chi connectivity index (χ2n) is 8.48. The second kappa shape index (κ2) is 9.44. The van der Waals surface area contributed by atoms with Gasteiger partial charge in [-0.3, -0.25) is 4.79 Å². The molecule has 0 saturated carbocycles. The third-order valence-electron chi connectivity index (χ3n) is 4.98. The molecular formula is C25H22Cl2N2OS2. The summed E-state index contributed by atoms with van der Waals surface area (Å²) in [5.41, 5.74) is 4.77. The maximum absolute atomic E-state index is 12.6. The first-order valence-electron chi connectivity index (χ1n) is 10.1. The van der Waals surface area contributed by atoms with Gasteiger partial charge in [0.2, 0.25) is 0 Å². The van der Waals surface area contributed by atoms with Crippen LogP contribution in [0.3, 0.4) is 0 Å². The number of hydrogen-bond donors (Lipinski definition) is 1. The molecule has 3 aromatic carbocycles. The minimum Gasteiger partial charge on any atom is -0.322 e. The van der Waals surface area contributed by atoms with Crippen molar-refractivity contribution < 1.29 is 4.79 Å². The lowest BCUT2D eigenvalue weighted by molar-refractivity contribution is 0.102. The number of carbonyl (C=O) groups is 1. The van der Waals surface area contributed by atoms with Crippen LogP contribution in [0.25, 0.3) is 10.2 Å². The van der Waals surface area contributed by atoms with E-state index < -0.39 is 0 Å². The van der Waals surface area contributed by atoms with Gasteiger partial charge in [-0.15, -0.1) is 11.3 Å². The molecule has 1 aromatic heterocycles. The molecule has 32 heavy (non-hydrogen) atoms. The van der Waals surface area contributed by atoms with Gasteiger partial charge in [-0.1, -0.05) is 80.0 Å². The Morgan fingerprint density at radius 2 is 1.78 bits per heavy atom.